The maximum atomic E-state index is 9.18. The number of aromatic nitrogens is 4. The minimum atomic E-state index is -0.684. The quantitative estimate of drug-likeness (QED) is 0.183. The highest BCUT2D eigenvalue weighted by Gasteiger charge is 2.20. The highest BCUT2D eigenvalue weighted by Crippen LogP contribution is 2.44. The van der Waals surface area contributed by atoms with E-state index in [1.165, 1.54) is 23.5 Å². The Morgan fingerprint density at radius 3 is 1.72 bits per heavy atom. The van der Waals surface area contributed by atoms with Crippen molar-refractivity contribution in [3.8, 4) is 51.0 Å². The van der Waals surface area contributed by atoms with Crippen molar-refractivity contribution < 1.29 is 21.9 Å². The molecule has 234 valence electrons. The molecule has 0 spiro atoms. The van der Waals surface area contributed by atoms with Crippen LogP contribution in [-0.2, 0) is 0 Å². The van der Waals surface area contributed by atoms with E-state index in [0.717, 1.165) is 20.2 Å². The third-order valence-electron chi connectivity index (χ3n) is 8.40. The van der Waals surface area contributed by atoms with Crippen molar-refractivity contribution in [2.75, 3.05) is 0 Å². The normalized spacial score (nSPS) is 16.1. The van der Waals surface area contributed by atoms with Crippen molar-refractivity contribution in [1.29, 1.82) is 0 Å². The Bertz CT molecular complexity index is 3590. The molecule has 10 aromatic rings. The third kappa shape index (κ3) is 4.63. The number of para-hydroxylation sites is 2. The minimum Gasteiger partial charge on any atom is -0.309 e. The first-order chi connectivity index (χ1) is 31.4. The minimum absolute atomic E-state index is 0.0502. The van der Waals surface area contributed by atoms with Crippen LogP contribution < -0.4 is 0 Å². The summed E-state index contributed by atoms with van der Waals surface area (Å²) in [5.41, 5.74) is 1.04. The largest absolute Gasteiger partial charge is 0.309 e. The van der Waals surface area contributed by atoms with Crippen LogP contribution in [0.25, 0.3) is 93.0 Å². The summed E-state index contributed by atoms with van der Waals surface area (Å²) in [5.74, 6) is -1.08. The predicted octanol–water partition coefficient (Wildman–Crippen LogP) is 12.0. The molecule has 0 saturated carbocycles. The number of thiophene rings is 1. The molecule has 4 nitrogen and oxygen atoms in total. The highest BCUT2D eigenvalue weighted by atomic mass is 32.1. The standard InChI is InChI=1S/C45H28N4S/c1-3-14-29(15-4-1)43-46-44(30-16-5-2-6-17-30)48-45(47-43)31-26-27-40(49-38-23-10-7-18-32(38)33-19-8-11-24-39(33)49)37(28-31)36-22-13-21-35-34-20-9-12-25-41(34)50-42(35)36/h1-28H/i1D,2D,3D,4D,5D,6D,7D,8D,14D,15D,16D,17D,18D,19D,23D,24D. The molecule has 0 aliphatic carbocycles. The molecule has 0 aliphatic heterocycles. The summed E-state index contributed by atoms with van der Waals surface area (Å²) >= 11 is 1.51. The van der Waals surface area contributed by atoms with Gasteiger partial charge in [-0.05, 0) is 36.4 Å². The number of hydrogen-bond acceptors (Lipinski definition) is 4. The summed E-state index contributed by atoms with van der Waals surface area (Å²) < 4.78 is 142. The fraction of sp³-hybridized carbons (Fsp3) is 0. The van der Waals surface area contributed by atoms with Crippen molar-refractivity contribution in [2.45, 2.75) is 0 Å². The van der Waals surface area contributed by atoms with E-state index < -0.39 is 83.2 Å². The van der Waals surface area contributed by atoms with Crippen LogP contribution in [0.15, 0.2) is 169 Å². The zero-order valence-electron chi connectivity index (χ0n) is 41.6. The Balaban J connectivity index is 1.36. The zero-order valence-corrected chi connectivity index (χ0v) is 26.4. The molecule has 3 aromatic heterocycles. The van der Waals surface area contributed by atoms with E-state index in [1.54, 1.807) is 22.8 Å². The molecule has 0 aliphatic rings. The van der Waals surface area contributed by atoms with Crippen LogP contribution in [0.3, 0.4) is 0 Å². The molecule has 0 fully saturated rings. The summed E-state index contributed by atoms with van der Waals surface area (Å²) in [7, 11) is 0. The Hall–Kier alpha value is -6.43. The van der Waals surface area contributed by atoms with Gasteiger partial charge in [0.2, 0.25) is 0 Å². The van der Waals surface area contributed by atoms with Gasteiger partial charge in [-0.15, -0.1) is 11.3 Å². The van der Waals surface area contributed by atoms with Gasteiger partial charge in [0.15, 0.2) is 17.5 Å². The number of rotatable bonds is 5. The van der Waals surface area contributed by atoms with E-state index in [2.05, 4.69) is 15.0 Å². The van der Waals surface area contributed by atoms with Crippen LogP contribution in [-0.4, -0.2) is 19.5 Å². The number of nitrogens with zero attached hydrogens (tertiary/aromatic N) is 4. The molecule has 0 amide bonds. The van der Waals surface area contributed by atoms with Gasteiger partial charge in [-0.1, -0.05) is 133 Å². The van der Waals surface area contributed by atoms with E-state index in [4.69, 9.17) is 19.2 Å². The van der Waals surface area contributed by atoms with Gasteiger partial charge in [-0.3, -0.25) is 0 Å². The molecule has 10 rings (SSSR count). The Labute approximate surface area is 315 Å². The van der Waals surface area contributed by atoms with Crippen molar-refractivity contribution in [3.05, 3.63) is 169 Å². The van der Waals surface area contributed by atoms with Crippen LogP contribution in [0.4, 0.5) is 0 Å². The van der Waals surface area contributed by atoms with Gasteiger partial charge in [0.1, 0.15) is 0 Å². The van der Waals surface area contributed by atoms with Crippen LogP contribution in [0, 0.1) is 0 Å². The molecular formula is C45H28N4S. The molecule has 7 aromatic carbocycles. The molecule has 0 N–H and O–H groups in total. The van der Waals surface area contributed by atoms with Gasteiger partial charge in [0.25, 0.3) is 0 Å². The van der Waals surface area contributed by atoms with Gasteiger partial charge in [0.05, 0.1) is 38.7 Å². The number of hydrogen-bond donors (Lipinski definition) is 0. The number of benzene rings is 7. The lowest BCUT2D eigenvalue weighted by Crippen LogP contribution is -2.02. The topological polar surface area (TPSA) is 43.6 Å². The molecule has 0 saturated heterocycles. The van der Waals surface area contributed by atoms with Crippen LogP contribution in [0.1, 0.15) is 21.9 Å². The smallest absolute Gasteiger partial charge is 0.164 e. The van der Waals surface area contributed by atoms with Gasteiger partial charge in [-0.2, -0.15) is 0 Å². The fourth-order valence-corrected chi connectivity index (χ4v) is 7.48. The maximum absolute atomic E-state index is 9.18. The second-order valence-corrected chi connectivity index (χ2v) is 12.3. The van der Waals surface area contributed by atoms with E-state index in [-0.39, 0.29) is 69.4 Å². The van der Waals surface area contributed by atoms with Gasteiger partial charge in [0, 0.05) is 58.8 Å². The second-order valence-electron chi connectivity index (χ2n) is 11.2. The molecular weight excluding hydrogens is 629 g/mol. The maximum Gasteiger partial charge on any atom is 0.164 e. The van der Waals surface area contributed by atoms with E-state index in [1.807, 2.05) is 42.5 Å². The summed E-state index contributed by atoms with van der Waals surface area (Å²) in [5, 5.41) is 1.98. The van der Waals surface area contributed by atoms with Gasteiger partial charge >= 0.3 is 0 Å². The lowest BCUT2D eigenvalue weighted by atomic mass is 9.98. The average Bonchev–Trinajstić information content (AvgIpc) is 3.88. The molecule has 0 unspecified atom stereocenters. The van der Waals surface area contributed by atoms with E-state index in [0.29, 0.717) is 16.8 Å². The molecule has 5 heteroatoms. The van der Waals surface area contributed by atoms with E-state index >= 15 is 0 Å². The Morgan fingerprint density at radius 1 is 0.460 bits per heavy atom. The first-order valence-corrected chi connectivity index (χ1v) is 16.2. The van der Waals surface area contributed by atoms with Crippen LogP contribution in [0.5, 0.6) is 0 Å². The Morgan fingerprint density at radius 2 is 1.06 bits per heavy atom. The summed E-state index contributed by atoms with van der Waals surface area (Å²) in [6.07, 6.45) is 0. The van der Waals surface area contributed by atoms with Crippen molar-refractivity contribution >= 4 is 53.3 Å². The molecule has 3 heterocycles. The summed E-state index contributed by atoms with van der Waals surface area (Å²) in [6, 6.07) is 12.7. The summed E-state index contributed by atoms with van der Waals surface area (Å²) in [4.78, 5) is 13.7. The van der Waals surface area contributed by atoms with Gasteiger partial charge in [-0.25, -0.2) is 15.0 Å². The average molecular weight is 673 g/mol. The zero-order chi connectivity index (χ0) is 46.9. The first kappa shape index (κ1) is 16.8. The monoisotopic (exact) mass is 672 g/mol. The second kappa shape index (κ2) is 11.6. The lowest BCUT2D eigenvalue weighted by molar-refractivity contribution is 1.07. The van der Waals surface area contributed by atoms with E-state index in [9.17, 15) is 2.74 Å². The third-order valence-corrected chi connectivity index (χ3v) is 9.62. The van der Waals surface area contributed by atoms with Crippen LogP contribution >= 0.6 is 11.3 Å². The molecule has 50 heavy (non-hydrogen) atoms. The molecule has 0 atom stereocenters. The van der Waals surface area contributed by atoms with Crippen LogP contribution in [0.2, 0.25) is 0 Å². The molecule has 0 radical (unpaired) electrons. The number of fused-ring (bicyclic) bond motifs is 6. The van der Waals surface area contributed by atoms with Crippen molar-refractivity contribution in [2.24, 2.45) is 0 Å². The SMILES string of the molecule is [2H]c1cc([2H])c2c(c1[2H])c1c([2H])c([2H])cc([2H])c1n2-c1ccc(-c2nc(-c3c([2H])c([2H])c([2H])c([2H])c3[2H])nc(-c3c([2H])c([2H])c([2H])c([2H])c3[2H])n2)cc1-c1cccc2c1sc1ccccc12. The fourth-order valence-electron chi connectivity index (χ4n) is 6.25. The predicted molar refractivity (Wildman–Crippen MR) is 209 cm³/mol. The highest BCUT2D eigenvalue weighted by molar-refractivity contribution is 7.26. The van der Waals surface area contributed by atoms with Gasteiger partial charge < -0.3 is 4.57 Å². The summed E-state index contributed by atoms with van der Waals surface area (Å²) in [6.45, 7) is 0. The molecule has 0 bridgehead atoms. The lowest BCUT2D eigenvalue weighted by Gasteiger charge is -2.17. The van der Waals surface area contributed by atoms with Crippen molar-refractivity contribution in [3.63, 3.8) is 0 Å². The Kier molecular flexibility index (Phi) is 3.90. The van der Waals surface area contributed by atoms with Crippen molar-refractivity contribution in [1.82, 2.24) is 19.5 Å². The first-order valence-electron chi connectivity index (χ1n) is 23.4.